The molecule has 3 aliphatic rings. The first kappa shape index (κ1) is 107. The lowest BCUT2D eigenvalue weighted by atomic mass is 9.87. The molecule has 0 aliphatic heterocycles. The van der Waals surface area contributed by atoms with Gasteiger partial charge in [-0.2, -0.15) is 15.3 Å². The van der Waals surface area contributed by atoms with Crippen LogP contribution in [-0.4, -0.2) is 186 Å². The molecule has 3 aliphatic carbocycles. The van der Waals surface area contributed by atoms with E-state index in [9.17, 15) is 43.2 Å². The molecule has 6 N–H and O–H groups in total. The number of nitrogens with one attached hydrogen (secondary N) is 6. The lowest BCUT2D eigenvalue weighted by Crippen LogP contribution is -2.42. The van der Waals surface area contributed by atoms with Crippen molar-refractivity contribution in [3.63, 3.8) is 0 Å². The third-order valence-corrected chi connectivity index (χ3v) is 24.9. The molecule has 3 fully saturated rings. The standard InChI is InChI=1S/2C36H49N5O5.C36H48N4O6/c1-24(2)19-27(20-33(42)37-22-34(43)40(4)5)38-36(44)29-21-30(41(39-29)28-17-15-25(3)16-18-28)35-31(45-6)13-10-14-32(35)46-23-26-11-8-7-9-12-26;1-25(2)19-28(20-33(42)37-22-34(43)40(3)4)38-36(44)29-21-30(41(39-29)23-26-13-8-6-9-14-26)35-31(45-5)17-12-18-32(35)46-24-27-15-10-7-11-16-27;1-5-45-34(42)19-20-37-33(41)22-27(21-25(2)3)38-36(43)29-23-30(40(39-29)28-15-10-7-11-16-28)35-31(44-4)17-12-18-32(35)46-24-26-13-8-6-9-14-26/h7-14,21,24-25,27-28H,15-20,22-23H2,1-6H3,(H,37,42)(H,38,44);7,10-12,15-18,21,25-26,28H,6,8-9,13-14,19-20,22-24H2,1-5H3,(H,37,42)(H,38,44);6,8-9,12-14,17-18,23,25,27-28H,5,7,10-11,15-16,19-22,24H2,1-4H3,(H,37,41)(H,38,43)/t25?,27-,28?;28-;27-/m000/s1. The van der Waals surface area contributed by atoms with E-state index in [1.807, 2.05) is 213 Å². The minimum absolute atomic E-state index is 0.0582. The molecule has 30 heteroatoms. The van der Waals surface area contributed by atoms with Gasteiger partial charge in [0.25, 0.3) is 17.7 Å². The molecule has 138 heavy (non-hydrogen) atoms. The number of likely N-dealkylation sites (N-methyl/N-ethyl adjacent to an activating group) is 2. The van der Waals surface area contributed by atoms with Crippen LogP contribution in [-0.2, 0) is 59.9 Å². The molecule has 8 amide bonds. The molecular formula is C108H146N14O16. The van der Waals surface area contributed by atoms with Crippen LogP contribution in [0.15, 0.2) is 164 Å². The summed E-state index contributed by atoms with van der Waals surface area (Å²) in [5.74, 6) is 2.99. The summed E-state index contributed by atoms with van der Waals surface area (Å²) in [6, 6.07) is 51.4. The van der Waals surface area contributed by atoms with E-state index < -0.39 is 18.1 Å². The van der Waals surface area contributed by atoms with Crippen LogP contribution in [0.3, 0.4) is 0 Å². The van der Waals surface area contributed by atoms with Crippen molar-refractivity contribution >= 4 is 53.2 Å². The predicted octanol–water partition coefficient (Wildman–Crippen LogP) is 17.3. The van der Waals surface area contributed by atoms with Gasteiger partial charge in [0.2, 0.25) is 29.5 Å². The Balaban J connectivity index is 0.000000214. The fourth-order valence-corrected chi connectivity index (χ4v) is 17.8. The third-order valence-electron chi connectivity index (χ3n) is 24.9. The quantitative estimate of drug-likeness (QED) is 0.0193. The smallest absolute Gasteiger partial charge is 0.307 e. The van der Waals surface area contributed by atoms with Gasteiger partial charge in [-0.3, -0.25) is 57.2 Å². The van der Waals surface area contributed by atoms with Gasteiger partial charge in [-0.05, 0) is 178 Å². The zero-order chi connectivity index (χ0) is 99.2. The molecule has 0 saturated heterocycles. The molecule has 3 heterocycles. The molecule has 30 nitrogen and oxygen atoms in total. The second kappa shape index (κ2) is 54.8. The SMILES string of the molecule is CCOC(=O)CCNC(=O)C[C@H](CC(C)C)NC(=O)c1cc(-c2c(OC)cccc2OCc2ccccc2)n(C2CCCCC2)n1.COc1cccc(OCc2ccccc2)c1-c1cc(C(=O)N[C@H](CC(=O)NCC(=O)N(C)C)CC(C)C)nn1C1CCC(C)CC1.COc1cccc(OCc2ccccc2)c1-c1cc(C(=O)N[C@H](CC(=O)NCC(=O)N(C)C)CC(C)C)nn1CC1CCCCC1. The molecule has 9 aromatic rings. The average Bonchev–Trinajstić information content (AvgIpc) is 1.48. The van der Waals surface area contributed by atoms with Gasteiger partial charge in [0.15, 0.2) is 17.1 Å². The highest BCUT2D eigenvalue weighted by atomic mass is 16.5. The van der Waals surface area contributed by atoms with Crippen LogP contribution in [0.25, 0.3) is 33.8 Å². The predicted molar refractivity (Wildman–Crippen MR) is 534 cm³/mol. The first-order chi connectivity index (χ1) is 66.5. The van der Waals surface area contributed by atoms with Gasteiger partial charge >= 0.3 is 5.97 Å². The summed E-state index contributed by atoms with van der Waals surface area (Å²) in [7, 11) is 11.4. The summed E-state index contributed by atoms with van der Waals surface area (Å²) in [5, 5.41) is 31.9. The minimum atomic E-state index is -0.429. The van der Waals surface area contributed by atoms with Crippen molar-refractivity contribution in [2.24, 2.45) is 29.6 Å². The number of nitrogens with zero attached hydrogens (tertiary/aromatic N) is 8. The first-order valence-corrected chi connectivity index (χ1v) is 49.1. The van der Waals surface area contributed by atoms with E-state index >= 15 is 0 Å². The maximum absolute atomic E-state index is 13.8. The van der Waals surface area contributed by atoms with Gasteiger partial charge in [-0.25, -0.2) is 0 Å². The Hall–Kier alpha value is -13.0. The Kier molecular flexibility index (Phi) is 42.5. The van der Waals surface area contributed by atoms with Crippen LogP contribution in [0.5, 0.6) is 34.5 Å². The lowest BCUT2D eigenvalue weighted by molar-refractivity contribution is -0.143. The van der Waals surface area contributed by atoms with Crippen molar-refractivity contribution in [3.05, 3.63) is 198 Å². The molecule has 0 bridgehead atoms. The minimum Gasteiger partial charge on any atom is -0.496 e. The first-order valence-electron chi connectivity index (χ1n) is 49.1. The Morgan fingerprint density at radius 2 is 0.746 bits per heavy atom. The number of hydrogen-bond donors (Lipinski definition) is 6. The maximum Gasteiger partial charge on any atom is 0.307 e. The molecule has 0 unspecified atom stereocenters. The number of carbonyl (C=O) groups is 9. The van der Waals surface area contributed by atoms with Crippen molar-refractivity contribution in [1.82, 2.24) is 71.0 Å². The van der Waals surface area contributed by atoms with Crippen LogP contribution in [0.4, 0.5) is 0 Å². The van der Waals surface area contributed by atoms with E-state index in [-0.39, 0.29) is 145 Å². The van der Waals surface area contributed by atoms with Crippen molar-refractivity contribution < 1.29 is 76.3 Å². The maximum atomic E-state index is 13.8. The van der Waals surface area contributed by atoms with Gasteiger partial charge < -0.3 is 74.9 Å². The average molecular weight is 1900 g/mol. The number of esters is 1. The van der Waals surface area contributed by atoms with Crippen LogP contribution < -0.4 is 60.3 Å². The molecule has 3 saturated carbocycles. The summed E-state index contributed by atoms with van der Waals surface area (Å²) in [5.41, 5.74) is 8.43. The Bertz CT molecular complexity index is 5380. The fraction of sp³-hybridized carbons (Fsp3) is 0.500. The molecule has 6 aromatic carbocycles. The molecule has 0 radical (unpaired) electrons. The Morgan fingerprint density at radius 3 is 1.11 bits per heavy atom. The summed E-state index contributed by atoms with van der Waals surface area (Å²) in [6.45, 7) is 18.4. The van der Waals surface area contributed by atoms with Crippen LogP contribution >= 0.6 is 0 Å². The topological polar surface area (TPSA) is 350 Å². The Morgan fingerprint density at radius 1 is 0.406 bits per heavy atom. The summed E-state index contributed by atoms with van der Waals surface area (Å²) >= 11 is 0. The normalized spacial score (nSPS) is 15.0. The number of aromatic nitrogens is 6. The largest absolute Gasteiger partial charge is 0.496 e. The number of rotatable bonds is 45. The van der Waals surface area contributed by atoms with E-state index in [1.165, 1.54) is 35.5 Å². The number of methoxy groups -OCH3 is 3. The van der Waals surface area contributed by atoms with Crippen LogP contribution in [0, 0.1) is 29.6 Å². The van der Waals surface area contributed by atoms with E-state index in [2.05, 4.69) is 38.8 Å². The summed E-state index contributed by atoms with van der Waals surface area (Å²) in [6.07, 6.45) is 17.3. The van der Waals surface area contributed by atoms with Crippen LogP contribution in [0.1, 0.15) is 250 Å². The van der Waals surface area contributed by atoms with E-state index in [0.717, 1.165) is 115 Å². The zero-order valence-electron chi connectivity index (χ0n) is 83.5. The zero-order valence-corrected chi connectivity index (χ0v) is 83.5. The second-order valence-electron chi connectivity index (χ2n) is 37.9. The van der Waals surface area contributed by atoms with Gasteiger partial charge in [0.05, 0.1) is 93.3 Å². The lowest BCUT2D eigenvalue weighted by Gasteiger charge is -2.28. The van der Waals surface area contributed by atoms with Crippen molar-refractivity contribution in [1.29, 1.82) is 0 Å². The number of hydrogen-bond acceptors (Lipinski definition) is 19. The highest BCUT2D eigenvalue weighted by Gasteiger charge is 2.34. The van der Waals surface area contributed by atoms with E-state index in [1.54, 1.807) is 62.5 Å². The fourth-order valence-electron chi connectivity index (χ4n) is 17.8. The second-order valence-corrected chi connectivity index (χ2v) is 37.9. The van der Waals surface area contributed by atoms with Crippen molar-refractivity contribution in [2.75, 3.05) is 75.8 Å². The van der Waals surface area contributed by atoms with E-state index in [4.69, 9.17) is 48.5 Å². The molecular weight excluding hydrogens is 1750 g/mol. The molecule has 12 rings (SSSR count). The van der Waals surface area contributed by atoms with E-state index in [0.29, 0.717) is 98.6 Å². The van der Waals surface area contributed by atoms with Crippen molar-refractivity contribution in [2.45, 2.75) is 247 Å². The Labute approximate surface area is 814 Å². The number of ether oxygens (including phenoxy) is 7. The highest BCUT2D eigenvalue weighted by molar-refractivity contribution is 5.97. The summed E-state index contributed by atoms with van der Waals surface area (Å²) < 4.78 is 47.3. The molecule has 744 valence electrons. The third kappa shape index (κ3) is 33.1. The molecule has 3 aromatic heterocycles. The molecule has 0 spiro atoms. The van der Waals surface area contributed by atoms with Crippen LogP contribution in [0.2, 0.25) is 0 Å². The van der Waals surface area contributed by atoms with Gasteiger partial charge in [-0.15, -0.1) is 0 Å². The summed E-state index contributed by atoms with van der Waals surface area (Å²) in [4.78, 5) is 118. The van der Waals surface area contributed by atoms with Gasteiger partial charge in [0.1, 0.15) is 54.3 Å². The number of carbonyl (C=O) groups excluding carboxylic acids is 9. The highest BCUT2D eigenvalue weighted by Crippen LogP contribution is 2.46. The monoisotopic (exact) mass is 1900 g/mol. The molecule has 3 atom stereocenters. The number of benzene rings is 6. The van der Waals surface area contributed by atoms with Crippen molar-refractivity contribution in [3.8, 4) is 68.3 Å². The van der Waals surface area contributed by atoms with Gasteiger partial charge in [0, 0.05) is 78.7 Å². The number of amides is 8. The van der Waals surface area contributed by atoms with Gasteiger partial charge in [-0.1, -0.05) is 196 Å².